The molecule has 92 valence electrons. The minimum Gasteiger partial charge on any atom is -0.474 e. The van der Waals surface area contributed by atoms with Crippen LogP contribution in [0.3, 0.4) is 0 Å². The summed E-state index contributed by atoms with van der Waals surface area (Å²) < 4.78 is 28.0. The van der Waals surface area contributed by atoms with Gasteiger partial charge in [0.1, 0.15) is 11.8 Å². The molecular weight excluding hydrogens is 330 g/mol. The Bertz CT molecular complexity index is 553. The standard InChI is InChI=1S/C10H9BrClNO3S/c1-2-7(6-13)16-10-4-3-8(5-9(10)11)17(12,14)15/h3-5,7H,2H2,1H3. The van der Waals surface area contributed by atoms with Crippen LogP contribution in [0.25, 0.3) is 0 Å². The van der Waals surface area contributed by atoms with Gasteiger partial charge in [0, 0.05) is 10.7 Å². The van der Waals surface area contributed by atoms with E-state index in [1.165, 1.54) is 18.2 Å². The number of ether oxygens (including phenoxy) is 1. The van der Waals surface area contributed by atoms with Gasteiger partial charge in [0.05, 0.1) is 9.37 Å². The van der Waals surface area contributed by atoms with Crippen LogP contribution in [0, 0.1) is 11.3 Å². The lowest BCUT2D eigenvalue weighted by Crippen LogP contribution is -2.12. The van der Waals surface area contributed by atoms with Crippen molar-refractivity contribution in [2.45, 2.75) is 24.3 Å². The van der Waals surface area contributed by atoms with Crippen molar-refractivity contribution in [3.05, 3.63) is 22.7 Å². The predicted molar refractivity (Wildman–Crippen MR) is 67.5 cm³/mol. The van der Waals surface area contributed by atoms with Crippen LogP contribution in [-0.4, -0.2) is 14.5 Å². The van der Waals surface area contributed by atoms with Crippen molar-refractivity contribution in [3.63, 3.8) is 0 Å². The largest absolute Gasteiger partial charge is 0.474 e. The Morgan fingerprint density at radius 3 is 2.65 bits per heavy atom. The van der Waals surface area contributed by atoms with E-state index in [9.17, 15) is 8.42 Å². The maximum Gasteiger partial charge on any atom is 0.261 e. The molecule has 1 rings (SSSR count). The fourth-order valence-electron chi connectivity index (χ4n) is 1.08. The van der Waals surface area contributed by atoms with E-state index in [2.05, 4.69) is 15.9 Å². The Kier molecular flexibility index (Phi) is 4.80. The first-order valence-corrected chi connectivity index (χ1v) is 7.79. The lowest BCUT2D eigenvalue weighted by molar-refractivity contribution is 0.250. The van der Waals surface area contributed by atoms with Crippen molar-refractivity contribution < 1.29 is 13.2 Å². The summed E-state index contributed by atoms with van der Waals surface area (Å²) in [4.78, 5) is -0.0246. The van der Waals surface area contributed by atoms with E-state index in [1.54, 1.807) is 0 Å². The molecule has 0 amide bonds. The van der Waals surface area contributed by atoms with Crippen LogP contribution in [-0.2, 0) is 9.05 Å². The molecule has 0 fully saturated rings. The minimum absolute atomic E-state index is 0.0246. The summed E-state index contributed by atoms with van der Waals surface area (Å²) in [6, 6.07) is 6.10. The number of nitrogens with zero attached hydrogens (tertiary/aromatic N) is 1. The molecule has 0 N–H and O–H groups in total. The quantitative estimate of drug-likeness (QED) is 0.791. The highest BCUT2D eigenvalue weighted by atomic mass is 79.9. The molecule has 1 aromatic carbocycles. The van der Waals surface area contributed by atoms with E-state index in [0.29, 0.717) is 16.6 Å². The summed E-state index contributed by atoms with van der Waals surface area (Å²) in [5.41, 5.74) is 0. The highest BCUT2D eigenvalue weighted by molar-refractivity contribution is 9.10. The van der Waals surface area contributed by atoms with E-state index in [4.69, 9.17) is 20.7 Å². The molecule has 0 aliphatic carbocycles. The molecule has 0 heterocycles. The van der Waals surface area contributed by atoms with Gasteiger partial charge in [-0.05, 0) is 40.5 Å². The van der Waals surface area contributed by atoms with E-state index in [-0.39, 0.29) is 4.90 Å². The van der Waals surface area contributed by atoms with E-state index >= 15 is 0 Å². The van der Waals surface area contributed by atoms with Crippen LogP contribution in [0.15, 0.2) is 27.6 Å². The van der Waals surface area contributed by atoms with Gasteiger partial charge < -0.3 is 4.74 Å². The molecule has 0 saturated heterocycles. The van der Waals surface area contributed by atoms with Gasteiger partial charge in [0.15, 0.2) is 6.10 Å². The van der Waals surface area contributed by atoms with Gasteiger partial charge in [0.2, 0.25) is 0 Å². The Hall–Kier alpha value is -0.770. The zero-order valence-corrected chi connectivity index (χ0v) is 12.0. The Morgan fingerprint density at radius 2 is 2.24 bits per heavy atom. The van der Waals surface area contributed by atoms with Gasteiger partial charge in [-0.25, -0.2) is 8.42 Å². The second-order valence-corrected chi connectivity index (χ2v) is 6.59. The molecule has 7 heteroatoms. The Morgan fingerprint density at radius 1 is 1.59 bits per heavy atom. The zero-order valence-electron chi connectivity index (χ0n) is 8.85. The molecule has 17 heavy (non-hydrogen) atoms. The van der Waals surface area contributed by atoms with E-state index < -0.39 is 15.2 Å². The van der Waals surface area contributed by atoms with Crippen LogP contribution in [0.1, 0.15) is 13.3 Å². The molecule has 0 aliphatic heterocycles. The highest BCUT2D eigenvalue weighted by Crippen LogP contribution is 2.30. The van der Waals surface area contributed by atoms with Crippen molar-refractivity contribution in [2.24, 2.45) is 0 Å². The molecule has 0 bridgehead atoms. The van der Waals surface area contributed by atoms with E-state index in [1.807, 2.05) is 13.0 Å². The number of hydrogen-bond acceptors (Lipinski definition) is 4. The molecule has 0 spiro atoms. The van der Waals surface area contributed by atoms with Crippen LogP contribution in [0.5, 0.6) is 5.75 Å². The normalized spacial score (nSPS) is 12.8. The van der Waals surface area contributed by atoms with Crippen LogP contribution in [0.2, 0.25) is 0 Å². The first-order valence-electron chi connectivity index (χ1n) is 4.69. The molecule has 1 atom stereocenters. The van der Waals surface area contributed by atoms with Crippen molar-refractivity contribution in [2.75, 3.05) is 0 Å². The van der Waals surface area contributed by atoms with Crippen LogP contribution >= 0.6 is 26.6 Å². The molecular formula is C10H9BrClNO3S. The molecule has 1 unspecified atom stereocenters. The smallest absolute Gasteiger partial charge is 0.261 e. The maximum atomic E-state index is 11.1. The van der Waals surface area contributed by atoms with Crippen molar-refractivity contribution in [3.8, 4) is 11.8 Å². The molecule has 0 radical (unpaired) electrons. The Labute approximate surface area is 113 Å². The third kappa shape index (κ3) is 3.87. The lowest BCUT2D eigenvalue weighted by Gasteiger charge is -2.12. The second kappa shape index (κ2) is 5.71. The summed E-state index contributed by atoms with van der Waals surface area (Å²) in [5.74, 6) is 0.405. The number of halogens is 2. The van der Waals surface area contributed by atoms with Gasteiger partial charge >= 0.3 is 0 Å². The monoisotopic (exact) mass is 337 g/mol. The minimum atomic E-state index is -3.76. The van der Waals surface area contributed by atoms with Gasteiger partial charge in [-0.2, -0.15) is 5.26 Å². The van der Waals surface area contributed by atoms with Gasteiger partial charge in [0.25, 0.3) is 9.05 Å². The van der Waals surface area contributed by atoms with Crippen molar-refractivity contribution in [1.29, 1.82) is 5.26 Å². The van der Waals surface area contributed by atoms with Gasteiger partial charge in [-0.3, -0.25) is 0 Å². The van der Waals surface area contributed by atoms with Gasteiger partial charge in [-0.15, -0.1) is 0 Å². The highest BCUT2D eigenvalue weighted by Gasteiger charge is 2.14. The fourth-order valence-corrected chi connectivity index (χ4v) is 2.48. The molecule has 1 aromatic rings. The number of rotatable bonds is 4. The third-order valence-corrected chi connectivity index (χ3v) is 3.94. The molecule has 4 nitrogen and oxygen atoms in total. The SMILES string of the molecule is CCC(C#N)Oc1ccc(S(=O)(=O)Cl)cc1Br. The Balaban J connectivity index is 3.03. The first kappa shape index (κ1) is 14.3. The number of hydrogen-bond donors (Lipinski definition) is 0. The second-order valence-electron chi connectivity index (χ2n) is 3.17. The average Bonchev–Trinajstić information content (AvgIpc) is 2.26. The predicted octanol–water partition coefficient (Wildman–Crippen LogP) is 3.06. The summed E-state index contributed by atoms with van der Waals surface area (Å²) >= 11 is 3.17. The first-order chi connectivity index (χ1) is 7.88. The third-order valence-electron chi connectivity index (χ3n) is 1.97. The van der Waals surface area contributed by atoms with E-state index in [0.717, 1.165) is 0 Å². The fraction of sp³-hybridized carbons (Fsp3) is 0.300. The zero-order chi connectivity index (χ0) is 13.1. The van der Waals surface area contributed by atoms with Crippen LogP contribution < -0.4 is 4.74 Å². The van der Waals surface area contributed by atoms with Gasteiger partial charge in [-0.1, -0.05) is 6.92 Å². The average molecular weight is 339 g/mol. The summed E-state index contributed by atoms with van der Waals surface area (Å²) in [6.45, 7) is 1.82. The summed E-state index contributed by atoms with van der Waals surface area (Å²) in [6.07, 6.45) is -0.0249. The topological polar surface area (TPSA) is 67.2 Å². The molecule has 0 saturated carbocycles. The van der Waals surface area contributed by atoms with Crippen LogP contribution in [0.4, 0.5) is 0 Å². The number of benzene rings is 1. The van der Waals surface area contributed by atoms with Crippen molar-refractivity contribution in [1.82, 2.24) is 0 Å². The molecule has 0 aromatic heterocycles. The maximum absolute atomic E-state index is 11.1. The number of nitriles is 1. The summed E-state index contributed by atoms with van der Waals surface area (Å²) in [5, 5.41) is 8.75. The van der Waals surface area contributed by atoms with Crippen molar-refractivity contribution >= 4 is 35.7 Å². The molecule has 0 aliphatic rings. The summed E-state index contributed by atoms with van der Waals surface area (Å²) in [7, 11) is 1.44. The lowest BCUT2D eigenvalue weighted by atomic mass is 10.3.